The van der Waals surface area contributed by atoms with Crippen LogP contribution in [0.4, 0.5) is 20.5 Å². The van der Waals surface area contributed by atoms with Crippen LogP contribution in [0, 0.1) is 23.0 Å². The Morgan fingerprint density at radius 1 is 0.897 bits per heavy atom. The quantitative estimate of drug-likeness (QED) is 0.257. The molecule has 4 aromatic rings. The van der Waals surface area contributed by atoms with Crippen molar-refractivity contribution in [1.82, 2.24) is 19.9 Å². The van der Waals surface area contributed by atoms with Crippen LogP contribution in [0.3, 0.4) is 0 Å². The molecule has 0 bridgehead atoms. The van der Waals surface area contributed by atoms with Crippen LogP contribution in [-0.4, -0.2) is 45.0 Å². The first-order chi connectivity index (χ1) is 18.9. The van der Waals surface area contributed by atoms with Crippen LogP contribution in [0.1, 0.15) is 49.6 Å². The van der Waals surface area contributed by atoms with E-state index in [4.69, 9.17) is 10.8 Å². The van der Waals surface area contributed by atoms with Crippen molar-refractivity contribution in [3.05, 3.63) is 89.1 Å². The Labute approximate surface area is 226 Å². The number of nitrogens with zero attached hydrogens (tertiary/aromatic N) is 6. The second-order valence-corrected chi connectivity index (χ2v) is 9.67. The second kappa shape index (κ2) is 11.3. The molecule has 1 aliphatic heterocycles. The molecule has 0 saturated carbocycles. The molecule has 3 N–H and O–H groups in total. The predicted octanol–water partition coefficient (Wildman–Crippen LogP) is 4.93. The molecular formula is C29H30F2N8. The molecule has 1 fully saturated rings. The number of aromatic nitrogens is 3. The fraction of sp³-hybridized carbons (Fsp3) is 0.310. The molecule has 1 aliphatic rings. The lowest BCUT2D eigenvalue weighted by Gasteiger charge is -2.50. The van der Waals surface area contributed by atoms with Gasteiger partial charge in [0.25, 0.3) is 0 Å². The number of anilines is 2. The Kier molecular flexibility index (Phi) is 7.63. The number of benzene rings is 2. The zero-order chi connectivity index (χ0) is 27.5. The normalized spacial score (nSPS) is 17.9. The van der Waals surface area contributed by atoms with E-state index in [-0.39, 0.29) is 41.4 Å². The van der Waals surface area contributed by atoms with Gasteiger partial charge >= 0.3 is 0 Å². The van der Waals surface area contributed by atoms with E-state index in [2.05, 4.69) is 45.1 Å². The van der Waals surface area contributed by atoms with E-state index in [9.17, 15) is 14.0 Å². The molecular weight excluding hydrogens is 498 g/mol. The number of hydrogen-bond donors (Lipinski definition) is 2. The van der Waals surface area contributed by atoms with E-state index in [1.165, 1.54) is 24.3 Å². The van der Waals surface area contributed by atoms with Gasteiger partial charge in [-0.3, -0.25) is 10.3 Å². The third-order valence-electron chi connectivity index (χ3n) is 7.42. The van der Waals surface area contributed by atoms with E-state index in [1.807, 2.05) is 0 Å². The fourth-order valence-electron chi connectivity index (χ4n) is 5.45. The highest BCUT2D eigenvalue weighted by molar-refractivity contribution is 5.87. The van der Waals surface area contributed by atoms with Crippen LogP contribution < -0.4 is 16.2 Å². The molecule has 2 aromatic carbocycles. The summed E-state index contributed by atoms with van der Waals surface area (Å²) in [4.78, 5) is 18.3. The van der Waals surface area contributed by atoms with Gasteiger partial charge in [0.2, 0.25) is 5.95 Å². The third kappa shape index (κ3) is 5.24. The number of nitrogens with two attached hydrogens (primary N) is 1. The van der Waals surface area contributed by atoms with Gasteiger partial charge in [-0.2, -0.15) is 10.2 Å². The van der Waals surface area contributed by atoms with Crippen molar-refractivity contribution >= 4 is 22.8 Å². The second-order valence-electron chi connectivity index (χ2n) is 9.67. The number of rotatable bonds is 7. The van der Waals surface area contributed by atoms with Crippen LogP contribution in [0.25, 0.3) is 11.0 Å². The molecule has 3 heterocycles. The fourth-order valence-corrected chi connectivity index (χ4v) is 5.45. The third-order valence-corrected chi connectivity index (χ3v) is 7.42. The molecule has 8 nitrogen and oxygen atoms in total. The van der Waals surface area contributed by atoms with Gasteiger partial charge in [0.05, 0.1) is 11.6 Å². The van der Waals surface area contributed by atoms with Crippen LogP contribution in [-0.2, 0) is 0 Å². The lowest BCUT2D eigenvalue weighted by Crippen LogP contribution is -2.59. The minimum atomic E-state index is -0.302. The van der Waals surface area contributed by atoms with Gasteiger partial charge in [0.1, 0.15) is 28.9 Å². The van der Waals surface area contributed by atoms with Gasteiger partial charge in [-0.15, -0.1) is 0 Å². The Morgan fingerprint density at radius 3 is 2.05 bits per heavy atom. The molecule has 0 unspecified atom stereocenters. The van der Waals surface area contributed by atoms with Gasteiger partial charge in [-0.1, -0.05) is 38.1 Å². The number of hydrazine groups is 1. The minimum Gasteiger partial charge on any atom is -0.349 e. The van der Waals surface area contributed by atoms with Crippen LogP contribution in [0.15, 0.2) is 60.7 Å². The van der Waals surface area contributed by atoms with Crippen molar-refractivity contribution in [2.24, 2.45) is 5.84 Å². The van der Waals surface area contributed by atoms with E-state index in [0.29, 0.717) is 29.9 Å². The Morgan fingerprint density at radius 2 is 1.51 bits per heavy atom. The Bertz CT molecular complexity index is 1440. The van der Waals surface area contributed by atoms with Crippen molar-refractivity contribution in [3.63, 3.8) is 0 Å². The Balaban J connectivity index is 1.59. The number of fused-ring (bicyclic) bond motifs is 1. The molecule has 200 valence electrons. The van der Waals surface area contributed by atoms with Crippen LogP contribution in [0.5, 0.6) is 0 Å². The summed E-state index contributed by atoms with van der Waals surface area (Å²) in [5.41, 5.74) is 5.85. The van der Waals surface area contributed by atoms with Crippen molar-refractivity contribution in [2.75, 3.05) is 23.4 Å². The number of halogens is 2. The van der Waals surface area contributed by atoms with Gasteiger partial charge in [-0.25, -0.2) is 24.6 Å². The minimum absolute atomic E-state index is 0.0347. The number of nitriles is 1. The maximum atomic E-state index is 13.9. The summed E-state index contributed by atoms with van der Waals surface area (Å²) in [6.45, 7) is 5.55. The standard InChI is InChI=1S/C29H30F2N8/c1-3-23-17-39(28-26-25(35-29(36-28)37-33)14-13-22(15-32)34-26)24(4-2)16-38(23)27(18-5-9-20(30)10-6-18)19-7-11-21(31)12-8-19/h5-14,23-24,27H,3-4,16-17,33H2,1-2H3,(H,35,36,37)/t23-,24+/m1/s1. The molecule has 0 spiro atoms. The summed E-state index contributed by atoms with van der Waals surface area (Å²) >= 11 is 0. The lowest BCUT2D eigenvalue weighted by atomic mass is 9.91. The molecule has 1 saturated heterocycles. The van der Waals surface area contributed by atoms with E-state index < -0.39 is 0 Å². The number of piperazine rings is 1. The molecule has 2 atom stereocenters. The molecule has 5 rings (SSSR count). The first-order valence-corrected chi connectivity index (χ1v) is 13.0. The van der Waals surface area contributed by atoms with E-state index in [1.54, 1.807) is 36.4 Å². The highest BCUT2D eigenvalue weighted by atomic mass is 19.1. The number of nitrogens with one attached hydrogen (secondary N) is 1. The molecule has 2 aromatic heterocycles. The summed E-state index contributed by atoms with van der Waals surface area (Å²) in [6, 6.07) is 18.5. The van der Waals surface area contributed by atoms with Gasteiger partial charge in [0.15, 0.2) is 5.82 Å². The largest absolute Gasteiger partial charge is 0.349 e. The summed E-state index contributed by atoms with van der Waals surface area (Å²) < 4.78 is 27.7. The summed E-state index contributed by atoms with van der Waals surface area (Å²) in [5, 5.41) is 9.47. The van der Waals surface area contributed by atoms with Gasteiger partial charge < -0.3 is 4.90 Å². The van der Waals surface area contributed by atoms with Crippen molar-refractivity contribution in [1.29, 1.82) is 5.26 Å². The van der Waals surface area contributed by atoms with E-state index >= 15 is 0 Å². The zero-order valence-corrected chi connectivity index (χ0v) is 21.9. The van der Waals surface area contributed by atoms with Gasteiger partial charge in [0, 0.05) is 25.2 Å². The average molecular weight is 529 g/mol. The van der Waals surface area contributed by atoms with Gasteiger partial charge in [-0.05, 0) is 60.4 Å². The first kappa shape index (κ1) is 26.4. The first-order valence-electron chi connectivity index (χ1n) is 13.0. The molecule has 0 radical (unpaired) electrons. The van der Waals surface area contributed by atoms with Crippen molar-refractivity contribution in [3.8, 4) is 6.07 Å². The highest BCUT2D eigenvalue weighted by Crippen LogP contribution is 2.37. The molecule has 0 amide bonds. The SMILES string of the molecule is CC[C@H]1CN(C(c2ccc(F)cc2)c2ccc(F)cc2)[C@H](CC)CN1c1nc(NN)nc2ccc(C#N)nc12. The average Bonchev–Trinajstić information content (AvgIpc) is 2.98. The van der Waals surface area contributed by atoms with Crippen LogP contribution in [0.2, 0.25) is 0 Å². The number of hydrogen-bond acceptors (Lipinski definition) is 8. The summed E-state index contributed by atoms with van der Waals surface area (Å²) in [7, 11) is 0. The monoisotopic (exact) mass is 528 g/mol. The molecule has 10 heteroatoms. The van der Waals surface area contributed by atoms with Crippen LogP contribution >= 0.6 is 0 Å². The predicted molar refractivity (Wildman–Crippen MR) is 147 cm³/mol. The Hall–Kier alpha value is -4.20. The smallest absolute Gasteiger partial charge is 0.239 e. The zero-order valence-electron chi connectivity index (χ0n) is 21.9. The number of pyridine rings is 1. The van der Waals surface area contributed by atoms with E-state index in [0.717, 1.165) is 24.0 Å². The maximum Gasteiger partial charge on any atom is 0.239 e. The topological polar surface area (TPSA) is 107 Å². The highest BCUT2D eigenvalue weighted by Gasteiger charge is 2.38. The van der Waals surface area contributed by atoms with Crippen molar-refractivity contribution < 1.29 is 8.78 Å². The maximum absolute atomic E-state index is 13.9. The summed E-state index contributed by atoms with van der Waals surface area (Å²) in [6.07, 6.45) is 1.63. The number of nitrogen functional groups attached to an aromatic ring is 1. The molecule has 39 heavy (non-hydrogen) atoms. The molecule has 0 aliphatic carbocycles. The lowest BCUT2D eigenvalue weighted by molar-refractivity contribution is 0.110. The van der Waals surface area contributed by atoms with Crippen molar-refractivity contribution in [2.45, 2.75) is 44.8 Å². The summed E-state index contributed by atoms with van der Waals surface area (Å²) in [5.74, 6) is 5.99.